The molecule has 2 heterocycles. The van der Waals surface area contributed by atoms with Crippen molar-refractivity contribution < 1.29 is 22.8 Å². The summed E-state index contributed by atoms with van der Waals surface area (Å²) >= 11 is 2.48. The van der Waals surface area contributed by atoms with Crippen LogP contribution in [-0.2, 0) is 23.8 Å². The lowest BCUT2D eigenvalue weighted by molar-refractivity contribution is -0.137. The van der Waals surface area contributed by atoms with E-state index in [1.165, 1.54) is 28.0 Å². The number of thioether (sulfide) groups is 1. The van der Waals surface area contributed by atoms with Gasteiger partial charge in [0.1, 0.15) is 4.83 Å². The molecule has 3 N–H and O–H groups in total. The molecule has 0 atom stereocenters. The van der Waals surface area contributed by atoms with Crippen LogP contribution in [0.2, 0.25) is 0 Å². The first-order valence-corrected chi connectivity index (χ1v) is 11.9. The van der Waals surface area contributed by atoms with Gasteiger partial charge in [-0.3, -0.25) is 19.5 Å². The molecule has 0 bridgehead atoms. The quantitative estimate of drug-likeness (QED) is 0.410. The molecule has 0 saturated heterocycles. The number of halogens is 3. The lowest BCUT2D eigenvalue weighted by atomic mass is 9.97. The van der Waals surface area contributed by atoms with Crippen molar-refractivity contribution in [3.8, 4) is 5.69 Å². The van der Waals surface area contributed by atoms with Gasteiger partial charge in [0.25, 0.3) is 5.56 Å². The molecule has 174 valence electrons. The maximum atomic E-state index is 13.6. The van der Waals surface area contributed by atoms with E-state index in [0.29, 0.717) is 10.2 Å². The molecule has 1 aromatic carbocycles. The highest BCUT2D eigenvalue weighted by molar-refractivity contribution is 7.99. The molecule has 0 radical (unpaired) electrons. The molecule has 0 fully saturated rings. The number of hydrogen-bond acceptors (Lipinski definition) is 6. The third-order valence-electron chi connectivity index (χ3n) is 5.21. The van der Waals surface area contributed by atoms with Gasteiger partial charge in [-0.25, -0.2) is 9.78 Å². The predicted octanol–water partition coefficient (Wildman–Crippen LogP) is 4.02. The Kier molecular flexibility index (Phi) is 6.48. The number of fused-ring (bicyclic) bond motifs is 3. The zero-order valence-corrected chi connectivity index (χ0v) is 18.8. The summed E-state index contributed by atoms with van der Waals surface area (Å²) in [4.78, 5) is 42.4. The van der Waals surface area contributed by atoms with Gasteiger partial charge in [0.2, 0.25) is 5.91 Å². The second-order valence-electron chi connectivity index (χ2n) is 7.48. The fraction of sp³-hybridized carbons (Fsp3) is 0.333. The second-order valence-corrected chi connectivity index (χ2v) is 9.63. The van der Waals surface area contributed by atoms with Crippen LogP contribution in [-0.4, -0.2) is 27.2 Å². The van der Waals surface area contributed by atoms with Gasteiger partial charge in [-0.15, -0.1) is 11.3 Å². The summed E-state index contributed by atoms with van der Waals surface area (Å²) in [6.45, 7) is 0. The van der Waals surface area contributed by atoms with Crippen molar-refractivity contribution in [1.82, 2.24) is 14.9 Å². The van der Waals surface area contributed by atoms with Gasteiger partial charge in [0.05, 0.1) is 16.6 Å². The van der Waals surface area contributed by atoms with Crippen LogP contribution < -0.4 is 16.6 Å². The molecule has 0 unspecified atom stereocenters. The first-order valence-electron chi connectivity index (χ1n) is 10.1. The van der Waals surface area contributed by atoms with Crippen LogP contribution in [0, 0.1) is 0 Å². The van der Waals surface area contributed by atoms with Crippen molar-refractivity contribution in [3.05, 3.63) is 50.6 Å². The summed E-state index contributed by atoms with van der Waals surface area (Å²) in [5.41, 5.74) is 4.60. The van der Waals surface area contributed by atoms with E-state index in [4.69, 9.17) is 5.73 Å². The Bertz CT molecular complexity index is 1300. The predicted molar refractivity (Wildman–Crippen MR) is 120 cm³/mol. The molecule has 12 heteroatoms. The van der Waals surface area contributed by atoms with E-state index < -0.39 is 29.2 Å². The van der Waals surface area contributed by atoms with Crippen LogP contribution in [0.3, 0.4) is 0 Å². The van der Waals surface area contributed by atoms with E-state index in [1.54, 1.807) is 0 Å². The molecule has 4 rings (SSSR count). The third-order valence-corrected chi connectivity index (χ3v) is 7.34. The number of benzene rings is 1. The number of alkyl halides is 3. The van der Waals surface area contributed by atoms with Crippen LogP contribution in [0.1, 0.15) is 35.3 Å². The van der Waals surface area contributed by atoms with E-state index >= 15 is 0 Å². The first-order chi connectivity index (χ1) is 15.6. The summed E-state index contributed by atoms with van der Waals surface area (Å²) in [6, 6.07) is 3.54. The summed E-state index contributed by atoms with van der Waals surface area (Å²) in [6.07, 6.45) is -1.14. The average Bonchev–Trinajstić information content (AvgIpc) is 3.11. The van der Waals surface area contributed by atoms with Crippen LogP contribution in [0.15, 0.2) is 34.2 Å². The molecule has 33 heavy (non-hydrogen) atoms. The SMILES string of the molecule is NC(=O)NC(=O)CCSc1nc2sc3c(c2c(=O)n1-c1cccc(C(F)(F)F)c1)CCCC3. The zero-order valence-electron chi connectivity index (χ0n) is 17.2. The summed E-state index contributed by atoms with van der Waals surface area (Å²) < 4.78 is 41.1. The number of nitrogens with one attached hydrogen (secondary N) is 1. The Morgan fingerprint density at radius 1 is 1.24 bits per heavy atom. The molecule has 3 aromatic rings. The van der Waals surface area contributed by atoms with Crippen molar-refractivity contribution in [2.24, 2.45) is 5.73 Å². The largest absolute Gasteiger partial charge is 0.416 e. The Morgan fingerprint density at radius 2 is 2.00 bits per heavy atom. The van der Waals surface area contributed by atoms with E-state index in [1.807, 2.05) is 5.32 Å². The van der Waals surface area contributed by atoms with Gasteiger partial charge in [0.15, 0.2) is 5.16 Å². The minimum Gasteiger partial charge on any atom is -0.351 e. The van der Waals surface area contributed by atoms with E-state index in [2.05, 4.69) is 4.98 Å². The minimum absolute atomic E-state index is 0.0454. The Morgan fingerprint density at radius 3 is 2.73 bits per heavy atom. The minimum atomic E-state index is -4.57. The Balaban J connectivity index is 1.81. The maximum absolute atomic E-state index is 13.6. The number of aryl methyl sites for hydroxylation is 2. The fourth-order valence-electron chi connectivity index (χ4n) is 3.77. The molecule has 1 aliphatic carbocycles. The van der Waals surface area contributed by atoms with Gasteiger partial charge in [-0.1, -0.05) is 17.8 Å². The maximum Gasteiger partial charge on any atom is 0.416 e. The van der Waals surface area contributed by atoms with E-state index in [-0.39, 0.29) is 23.0 Å². The number of carbonyl (C=O) groups is 2. The Labute approximate surface area is 194 Å². The second kappa shape index (κ2) is 9.18. The third kappa shape index (κ3) is 4.91. The highest BCUT2D eigenvalue weighted by Gasteiger charge is 2.31. The number of aromatic nitrogens is 2. The number of nitrogens with zero attached hydrogens (tertiary/aromatic N) is 2. The number of urea groups is 1. The number of hydrogen-bond donors (Lipinski definition) is 2. The van der Waals surface area contributed by atoms with Crippen molar-refractivity contribution in [1.29, 1.82) is 0 Å². The van der Waals surface area contributed by atoms with Crippen molar-refractivity contribution in [2.45, 2.75) is 43.4 Å². The van der Waals surface area contributed by atoms with E-state index in [0.717, 1.165) is 60.0 Å². The number of amides is 3. The lowest BCUT2D eigenvalue weighted by Crippen LogP contribution is -2.35. The zero-order chi connectivity index (χ0) is 23.8. The summed E-state index contributed by atoms with van der Waals surface area (Å²) in [5, 5.41) is 2.57. The van der Waals surface area contributed by atoms with Crippen LogP contribution in [0.25, 0.3) is 15.9 Å². The highest BCUT2D eigenvalue weighted by atomic mass is 32.2. The van der Waals surface area contributed by atoms with Crippen LogP contribution in [0.4, 0.5) is 18.0 Å². The summed E-state index contributed by atoms with van der Waals surface area (Å²) in [5.74, 6) is -0.461. The molecule has 0 saturated carbocycles. The van der Waals surface area contributed by atoms with Gasteiger partial charge in [-0.2, -0.15) is 13.2 Å². The number of primary amides is 1. The molecule has 1 aliphatic rings. The smallest absolute Gasteiger partial charge is 0.351 e. The fourth-order valence-corrected chi connectivity index (χ4v) is 6.02. The molecule has 0 aliphatic heterocycles. The molecular formula is C21H19F3N4O3S2. The van der Waals surface area contributed by atoms with Crippen molar-refractivity contribution in [3.63, 3.8) is 0 Å². The molecule has 0 spiro atoms. The van der Waals surface area contributed by atoms with Crippen LogP contribution >= 0.6 is 23.1 Å². The van der Waals surface area contributed by atoms with Gasteiger partial charge < -0.3 is 5.73 Å². The lowest BCUT2D eigenvalue weighted by Gasteiger charge is -2.15. The number of thiophene rings is 1. The summed E-state index contributed by atoms with van der Waals surface area (Å²) in [7, 11) is 0. The number of carbonyl (C=O) groups excluding carboxylic acids is 2. The topological polar surface area (TPSA) is 107 Å². The number of rotatable bonds is 5. The normalized spacial score (nSPS) is 13.7. The number of nitrogens with two attached hydrogens (primary N) is 1. The van der Waals surface area contributed by atoms with Crippen LogP contribution in [0.5, 0.6) is 0 Å². The van der Waals surface area contributed by atoms with Gasteiger partial charge >= 0.3 is 12.2 Å². The standard InChI is InChI=1S/C21H19F3N4O3S2/c22-21(23,24)11-4-3-5-12(10-11)28-18(30)16-13-6-1-2-7-14(13)33-17(16)27-20(28)32-9-8-15(29)26-19(25)31/h3-5,10H,1-2,6-9H2,(H3,25,26,29,31). The first kappa shape index (κ1) is 23.3. The van der Waals surface area contributed by atoms with Gasteiger partial charge in [-0.05, 0) is 49.4 Å². The van der Waals surface area contributed by atoms with Crippen molar-refractivity contribution in [2.75, 3.05) is 5.75 Å². The number of imide groups is 1. The molecule has 2 aromatic heterocycles. The monoisotopic (exact) mass is 496 g/mol. The highest BCUT2D eigenvalue weighted by Crippen LogP contribution is 2.36. The average molecular weight is 497 g/mol. The molecular weight excluding hydrogens is 477 g/mol. The van der Waals surface area contributed by atoms with Gasteiger partial charge in [0, 0.05) is 17.1 Å². The van der Waals surface area contributed by atoms with Crippen molar-refractivity contribution >= 4 is 45.3 Å². The molecule has 3 amide bonds. The Hall–Kier alpha value is -2.86. The molecule has 7 nitrogen and oxygen atoms in total. The van der Waals surface area contributed by atoms with E-state index in [9.17, 15) is 27.6 Å².